The van der Waals surface area contributed by atoms with Crippen LogP contribution in [0.1, 0.15) is 0 Å². The predicted octanol–water partition coefficient (Wildman–Crippen LogP) is 0.897. The Labute approximate surface area is 119 Å². The fourth-order valence-corrected chi connectivity index (χ4v) is 3.12. The Kier molecular flexibility index (Phi) is 5.24. The van der Waals surface area contributed by atoms with E-state index in [2.05, 4.69) is 10.0 Å². The van der Waals surface area contributed by atoms with Gasteiger partial charge in [-0.1, -0.05) is 35.1 Å². The van der Waals surface area contributed by atoms with E-state index in [1.165, 1.54) is 11.8 Å². The lowest BCUT2D eigenvalue weighted by molar-refractivity contribution is -0.165. The quantitative estimate of drug-likeness (QED) is 0.433. The first-order valence-corrected chi connectivity index (χ1v) is 6.93. The molecule has 0 aliphatic carbocycles. The number of rotatable bonds is 4. The lowest BCUT2D eigenvalue weighted by Gasteiger charge is -2.40. The van der Waals surface area contributed by atoms with Crippen molar-refractivity contribution in [2.75, 3.05) is 6.61 Å². The first-order valence-electron chi connectivity index (χ1n) is 6.05. The highest BCUT2D eigenvalue weighted by molar-refractivity contribution is 7.99. The highest BCUT2D eigenvalue weighted by atomic mass is 32.2. The summed E-state index contributed by atoms with van der Waals surface area (Å²) in [6.07, 6.45) is -3.47. The van der Waals surface area contributed by atoms with Gasteiger partial charge in [0.15, 0.2) is 0 Å². The average Bonchev–Trinajstić information content (AvgIpc) is 2.47. The molecule has 1 aromatic carbocycles. The molecular weight excluding hydrogens is 282 g/mol. The maximum Gasteiger partial charge on any atom is 0.119 e. The summed E-state index contributed by atoms with van der Waals surface area (Å²) in [4.78, 5) is 3.56. The summed E-state index contributed by atoms with van der Waals surface area (Å²) in [6, 6.07) is 8.35. The van der Waals surface area contributed by atoms with Crippen LogP contribution >= 0.6 is 11.8 Å². The van der Waals surface area contributed by atoms with E-state index in [1.54, 1.807) is 0 Å². The predicted molar refractivity (Wildman–Crippen MR) is 73.0 cm³/mol. The van der Waals surface area contributed by atoms with Crippen LogP contribution in [0.2, 0.25) is 0 Å². The Morgan fingerprint density at radius 2 is 1.95 bits per heavy atom. The van der Waals surface area contributed by atoms with Crippen LogP contribution in [0.4, 0.5) is 0 Å². The zero-order valence-electron chi connectivity index (χ0n) is 10.5. The molecule has 1 aromatic rings. The van der Waals surface area contributed by atoms with Gasteiger partial charge in [0, 0.05) is 9.81 Å². The fourth-order valence-electron chi connectivity index (χ4n) is 1.98. The maximum atomic E-state index is 10.00. The van der Waals surface area contributed by atoms with Crippen molar-refractivity contribution in [2.45, 2.75) is 34.7 Å². The van der Waals surface area contributed by atoms with Gasteiger partial charge in [-0.15, -0.1) is 0 Å². The summed E-state index contributed by atoms with van der Waals surface area (Å²) in [7, 11) is 0. The van der Waals surface area contributed by atoms with Crippen molar-refractivity contribution in [3.8, 4) is 0 Å². The molecule has 1 saturated heterocycles. The van der Waals surface area contributed by atoms with Crippen molar-refractivity contribution in [3.63, 3.8) is 0 Å². The molecule has 1 aliphatic heterocycles. The lowest BCUT2D eigenvalue weighted by Crippen LogP contribution is -2.56. The van der Waals surface area contributed by atoms with Crippen molar-refractivity contribution < 1.29 is 20.1 Å². The molecule has 0 bridgehead atoms. The van der Waals surface area contributed by atoms with E-state index in [4.69, 9.17) is 10.3 Å². The zero-order valence-corrected chi connectivity index (χ0v) is 11.3. The van der Waals surface area contributed by atoms with Crippen molar-refractivity contribution >= 4 is 11.8 Å². The second-order valence-electron chi connectivity index (χ2n) is 4.33. The first-order chi connectivity index (χ1) is 9.67. The van der Waals surface area contributed by atoms with Crippen molar-refractivity contribution in [1.82, 2.24) is 0 Å². The van der Waals surface area contributed by atoms with Crippen LogP contribution in [0.15, 0.2) is 40.3 Å². The van der Waals surface area contributed by atoms with E-state index in [0.717, 1.165) is 4.90 Å². The Hall–Kier alpha value is -1.28. The number of azide groups is 1. The molecule has 3 N–H and O–H groups in total. The number of thioether (sulfide) groups is 1. The molecule has 2 rings (SSSR count). The van der Waals surface area contributed by atoms with Gasteiger partial charge in [-0.05, 0) is 17.7 Å². The minimum Gasteiger partial charge on any atom is -0.394 e. The smallest absolute Gasteiger partial charge is 0.119 e. The molecule has 0 unspecified atom stereocenters. The molecule has 0 aromatic heterocycles. The second-order valence-corrected chi connectivity index (χ2v) is 5.50. The molecule has 8 heteroatoms. The molecule has 5 atom stereocenters. The molecule has 1 heterocycles. The fraction of sp³-hybridized carbons (Fsp3) is 0.500. The van der Waals surface area contributed by atoms with Gasteiger partial charge in [-0.25, -0.2) is 0 Å². The average molecular weight is 297 g/mol. The molecule has 7 nitrogen and oxygen atoms in total. The summed E-state index contributed by atoms with van der Waals surface area (Å²) in [5, 5.41) is 32.5. The molecule has 0 amide bonds. The van der Waals surface area contributed by atoms with Gasteiger partial charge in [-0.2, -0.15) is 0 Å². The number of aliphatic hydroxyl groups is 3. The van der Waals surface area contributed by atoms with E-state index in [1.807, 2.05) is 30.3 Å². The highest BCUT2D eigenvalue weighted by Crippen LogP contribution is 2.34. The number of aliphatic hydroxyl groups excluding tert-OH is 3. The Bertz CT molecular complexity index is 483. The molecule has 1 aliphatic rings. The largest absolute Gasteiger partial charge is 0.394 e. The molecule has 20 heavy (non-hydrogen) atoms. The van der Waals surface area contributed by atoms with Crippen LogP contribution in [0.5, 0.6) is 0 Å². The topological polar surface area (TPSA) is 119 Å². The molecule has 0 saturated carbocycles. The van der Waals surface area contributed by atoms with Crippen LogP contribution in [-0.2, 0) is 4.74 Å². The number of hydrogen-bond acceptors (Lipinski definition) is 6. The van der Waals surface area contributed by atoms with E-state index in [9.17, 15) is 15.3 Å². The third kappa shape index (κ3) is 3.24. The zero-order chi connectivity index (χ0) is 14.5. The van der Waals surface area contributed by atoms with Gasteiger partial charge < -0.3 is 20.1 Å². The van der Waals surface area contributed by atoms with Crippen LogP contribution < -0.4 is 0 Å². The lowest BCUT2D eigenvalue weighted by atomic mass is 9.99. The SMILES string of the molecule is [N-]=[N+]=N[C@@H]1[C@@H](O)[C@@H](O)[C@@H](CO)O[C@@H]1Sc1ccccc1. The number of benzene rings is 1. The van der Waals surface area contributed by atoms with E-state index < -0.39 is 36.4 Å². The molecule has 0 spiro atoms. The maximum absolute atomic E-state index is 10.00. The van der Waals surface area contributed by atoms with Gasteiger partial charge in [0.25, 0.3) is 0 Å². The van der Waals surface area contributed by atoms with Crippen LogP contribution in [0.3, 0.4) is 0 Å². The summed E-state index contributed by atoms with van der Waals surface area (Å²) in [6.45, 7) is -0.424. The number of hydrogen-bond donors (Lipinski definition) is 3. The number of nitrogens with zero attached hydrogens (tertiary/aromatic N) is 3. The van der Waals surface area contributed by atoms with Crippen LogP contribution in [0.25, 0.3) is 10.4 Å². The van der Waals surface area contributed by atoms with Gasteiger partial charge in [0.2, 0.25) is 0 Å². The normalized spacial score (nSPS) is 33.5. The first kappa shape index (κ1) is 15.1. The minimum absolute atomic E-state index is 0.424. The standard InChI is InChI=1S/C12H15N3O4S/c13-15-14-9-11(18)10(17)8(6-16)19-12(9)20-7-4-2-1-3-5-7/h1-5,8-12,16-18H,6H2/t8-,9-,10+,11-,12-/m1/s1. The summed E-state index contributed by atoms with van der Waals surface area (Å²) in [5.74, 6) is 0. The highest BCUT2D eigenvalue weighted by Gasteiger charge is 2.44. The second kappa shape index (κ2) is 6.94. The minimum atomic E-state index is -1.29. The molecule has 108 valence electrons. The van der Waals surface area contributed by atoms with Crippen molar-refractivity contribution in [1.29, 1.82) is 0 Å². The summed E-state index contributed by atoms with van der Waals surface area (Å²) < 4.78 is 5.53. The van der Waals surface area contributed by atoms with Crippen molar-refractivity contribution in [2.24, 2.45) is 5.11 Å². The van der Waals surface area contributed by atoms with E-state index in [-0.39, 0.29) is 0 Å². The monoisotopic (exact) mass is 297 g/mol. The Morgan fingerprint density at radius 1 is 1.25 bits per heavy atom. The van der Waals surface area contributed by atoms with E-state index in [0.29, 0.717) is 0 Å². The summed E-state index contributed by atoms with van der Waals surface area (Å²) >= 11 is 1.27. The molecule has 0 radical (unpaired) electrons. The van der Waals surface area contributed by atoms with E-state index >= 15 is 0 Å². The molecular formula is C12H15N3O4S. The van der Waals surface area contributed by atoms with Crippen LogP contribution in [-0.4, -0.2) is 51.7 Å². The Morgan fingerprint density at radius 3 is 2.55 bits per heavy atom. The van der Waals surface area contributed by atoms with Gasteiger partial charge in [0.05, 0.1) is 12.7 Å². The van der Waals surface area contributed by atoms with Gasteiger partial charge in [-0.3, -0.25) is 0 Å². The third-order valence-corrected chi connectivity index (χ3v) is 4.20. The number of ether oxygens (including phenoxy) is 1. The van der Waals surface area contributed by atoms with Gasteiger partial charge in [0.1, 0.15) is 23.7 Å². The summed E-state index contributed by atoms with van der Waals surface area (Å²) in [5.41, 5.74) is 7.90. The van der Waals surface area contributed by atoms with Crippen LogP contribution in [0, 0.1) is 0 Å². The van der Waals surface area contributed by atoms with Gasteiger partial charge >= 0.3 is 0 Å². The Balaban J connectivity index is 2.20. The van der Waals surface area contributed by atoms with Crippen molar-refractivity contribution in [3.05, 3.63) is 40.8 Å². The molecule has 1 fully saturated rings. The third-order valence-electron chi connectivity index (χ3n) is 3.03.